The van der Waals surface area contributed by atoms with Crippen molar-refractivity contribution in [3.8, 4) is 0 Å². The first kappa shape index (κ1) is 20.7. The smallest absolute Gasteiger partial charge is 0.324 e. The molecule has 0 fully saturated rings. The normalized spacial score (nSPS) is 11.8. The third-order valence-corrected chi connectivity index (χ3v) is 5.13. The Labute approximate surface area is 134 Å². The van der Waals surface area contributed by atoms with Gasteiger partial charge in [-0.2, -0.15) is 4.39 Å². The fourth-order valence-corrected chi connectivity index (χ4v) is 3.69. The third kappa shape index (κ3) is 4.13. The van der Waals surface area contributed by atoms with Crippen LogP contribution in [0.15, 0.2) is 23.1 Å². The van der Waals surface area contributed by atoms with Crippen LogP contribution < -0.4 is 10.5 Å². The minimum atomic E-state index is -4.26. The monoisotopic (exact) mass is 355 g/mol. The molecule has 0 saturated heterocycles. The first-order chi connectivity index (χ1) is 9.73. The van der Waals surface area contributed by atoms with E-state index in [1.807, 2.05) is 0 Å². The van der Waals surface area contributed by atoms with Crippen LogP contribution in [-0.4, -0.2) is 25.4 Å². The number of nitro groups is 1. The molecule has 0 radical (unpaired) electrons. The summed E-state index contributed by atoms with van der Waals surface area (Å²) in [7, 11) is -4.26. The lowest BCUT2D eigenvalue weighted by molar-refractivity contribution is -0.390. The number of hydrogen-bond donors (Lipinski definition) is 2. The van der Waals surface area contributed by atoms with E-state index < -0.39 is 36.9 Å². The Bertz CT molecular complexity index is 627. The van der Waals surface area contributed by atoms with E-state index in [9.17, 15) is 22.9 Å². The van der Waals surface area contributed by atoms with Crippen LogP contribution in [-0.2, 0) is 10.0 Å². The number of nitrogens with two attached hydrogens (primary N) is 1. The van der Waals surface area contributed by atoms with Crippen LogP contribution in [0.5, 0.6) is 0 Å². The fourth-order valence-electron chi connectivity index (χ4n) is 1.95. The van der Waals surface area contributed by atoms with Crippen LogP contribution in [0.1, 0.15) is 26.7 Å². The molecule has 0 aliphatic heterocycles. The van der Waals surface area contributed by atoms with E-state index in [0.717, 1.165) is 18.2 Å². The summed E-state index contributed by atoms with van der Waals surface area (Å²) in [6, 6.07) is 2.95. The maximum absolute atomic E-state index is 13.6. The largest absolute Gasteiger partial charge is 0.329 e. The highest BCUT2D eigenvalue weighted by atomic mass is 35.5. The van der Waals surface area contributed by atoms with Crippen molar-refractivity contribution >= 4 is 28.1 Å². The molecule has 0 unspecified atom stereocenters. The average Bonchev–Trinajstić information content (AvgIpc) is 2.44. The molecule has 1 aromatic carbocycles. The van der Waals surface area contributed by atoms with Gasteiger partial charge in [-0.1, -0.05) is 19.9 Å². The van der Waals surface area contributed by atoms with Crippen molar-refractivity contribution in [3.63, 3.8) is 0 Å². The average molecular weight is 356 g/mol. The van der Waals surface area contributed by atoms with Gasteiger partial charge in [0.15, 0.2) is 4.90 Å². The summed E-state index contributed by atoms with van der Waals surface area (Å²) >= 11 is 0. The van der Waals surface area contributed by atoms with Gasteiger partial charge < -0.3 is 5.73 Å². The Morgan fingerprint density at radius 2 is 1.91 bits per heavy atom. The van der Waals surface area contributed by atoms with Crippen LogP contribution in [0.4, 0.5) is 10.1 Å². The molecule has 0 aliphatic rings. The number of rotatable bonds is 7. The quantitative estimate of drug-likeness (QED) is 0.573. The second-order valence-corrected chi connectivity index (χ2v) is 6.29. The highest BCUT2D eigenvalue weighted by Crippen LogP contribution is 2.28. The molecule has 1 rings (SSSR count). The second kappa shape index (κ2) is 7.82. The number of halogens is 2. The molecule has 0 saturated carbocycles. The summed E-state index contributed by atoms with van der Waals surface area (Å²) in [5.74, 6) is -1.20. The summed E-state index contributed by atoms with van der Waals surface area (Å²) in [4.78, 5) is 9.16. The summed E-state index contributed by atoms with van der Waals surface area (Å²) in [6.45, 7) is 3.53. The van der Waals surface area contributed by atoms with Crippen molar-refractivity contribution in [1.29, 1.82) is 0 Å². The van der Waals surface area contributed by atoms with E-state index in [-0.39, 0.29) is 19.0 Å². The van der Waals surface area contributed by atoms with Gasteiger partial charge in [0.1, 0.15) is 0 Å². The fraction of sp³-hybridized carbons (Fsp3) is 0.500. The first-order valence-electron chi connectivity index (χ1n) is 6.40. The Kier molecular flexibility index (Phi) is 7.36. The van der Waals surface area contributed by atoms with E-state index in [0.29, 0.717) is 12.8 Å². The van der Waals surface area contributed by atoms with Crippen LogP contribution in [0.25, 0.3) is 0 Å². The Hall–Kier alpha value is -1.29. The van der Waals surface area contributed by atoms with E-state index in [2.05, 4.69) is 4.72 Å². The van der Waals surface area contributed by atoms with E-state index >= 15 is 0 Å². The van der Waals surface area contributed by atoms with E-state index in [1.165, 1.54) is 0 Å². The van der Waals surface area contributed by atoms with Crippen molar-refractivity contribution < 1.29 is 17.7 Å². The minimum Gasteiger partial charge on any atom is -0.329 e. The van der Waals surface area contributed by atoms with Gasteiger partial charge in [-0.25, -0.2) is 13.1 Å². The highest BCUT2D eigenvalue weighted by molar-refractivity contribution is 7.89. The number of nitro benzene ring substituents is 1. The number of para-hydroxylation sites is 1. The molecule has 7 nitrogen and oxygen atoms in total. The maximum atomic E-state index is 13.6. The molecule has 0 heterocycles. The van der Waals surface area contributed by atoms with Crippen molar-refractivity contribution in [1.82, 2.24) is 4.72 Å². The van der Waals surface area contributed by atoms with Crippen molar-refractivity contribution in [3.05, 3.63) is 34.1 Å². The maximum Gasteiger partial charge on any atom is 0.324 e. The molecule has 3 N–H and O–H groups in total. The minimum absolute atomic E-state index is 0. The highest BCUT2D eigenvalue weighted by Gasteiger charge is 2.35. The van der Waals surface area contributed by atoms with Gasteiger partial charge in [0.2, 0.25) is 15.8 Å². The number of hydrogen-bond acceptors (Lipinski definition) is 5. The lowest BCUT2D eigenvalue weighted by Crippen LogP contribution is -2.52. The number of sulfonamides is 1. The molecule has 0 atom stereocenters. The third-order valence-electron chi connectivity index (χ3n) is 3.52. The number of nitrogens with one attached hydrogen (secondary N) is 1. The van der Waals surface area contributed by atoms with Crippen molar-refractivity contribution in [2.24, 2.45) is 5.73 Å². The lowest BCUT2D eigenvalue weighted by Gasteiger charge is -2.30. The van der Waals surface area contributed by atoms with Crippen LogP contribution in [0.2, 0.25) is 0 Å². The molecule has 0 aromatic heterocycles. The predicted molar refractivity (Wildman–Crippen MR) is 83.0 cm³/mol. The zero-order chi connectivity index (χ0) is 16.3. The molecule has 126 valence electrons. The summed E-state index contributed by atoms with van der Waals surface area (Å²) < 4.78 is 40.7. The van der Waals surface area contributed by atoms with Gasteiger partial charge in [0, 0.05) is 12.1 Å². The molecule has 0 bridgehead atoms. The Morgan fingerprint density at radius 1 is 1.36 bits per heavy atom. The SMILES string of the molecule is CCC(CC)(CN)NS(=O)(=O)c1cccc(F)c1[N+](=O)[O-].Cl. The predicted octanol–water partition coefficient (Wildman–Crippen LogP) is 1.95. The summed E-state index contributed by atoms with van der Waals surface area (Å²) in [5.41, 5.74) is 3.62. The van der Waals surface area contributed by atoms with Crippen molar-refractivity contribution in [2.75, 3.05) is 6.54 Å². The first-order valence-corrected chi connectivity index (χ1v) is 7.88. The molecule has 0 aliphatic carbocycles. The van der Waals surface area contributed by atoms with Crippen LogP contribution >= 0.6 is 12.4 Å². The van der Waals surface area contributed by atoms with Gasteiger partial charge in [-0.3, -0.25) is 10.1 Å². The van der Waals surface area contributed by atoms with Crippen LogP contribution in [0.3, 0.4) is 0 Å². The summed E-state index contributed by atoms with van der Waals surface area (Å²) in [5, 5.41) is 10.9. The van der Waals surface area contributed by atoms with E-state index in [4.69, 9.17) is 5.73 Å². The molecule has 1 aromatic rings. The van der Waals surface area contributed by atoms with Gasteiger partial charge in [0.05, 0.1) is 4.92 Å². The second-order valence-electron chi connectivity index (χ2n) is 4.64. The van der Waals surface area contributed by atoms with E-state index in [1.54, 1.807) is 13.8 Å². The zero-order valence-corrected chi connectivity index (χ0v) is 13.8. The Balaban J connectivity index is 0.00000441. The van der Waals surface area contributed by atoms with Crippen molar-refractivity contribution in [2.45, 2.75) is 37.1 Å². The zero-order valence-electron chi connectivity index (χ0n) is 12.2. The topological polar surface area (TPSA) is 115 Å². The Morgan fingerprint density at radius 3 is 2.32 bits per heavy atom. The number of nitrogens with zero attached hydrogens (tertiary/aromatic N) is 1. The molecule has 10 heteroatoms. The van der Waals surface area contributed by atoms with Gasteiger partial charge >= 0.3 is 5.69 Å². The molecule has 22 heavy (non-hydrogen) atoms. The molecular weight excluding hydrogens is 337 g/mol. The standard InChI is InChI=1S/C12H18FN3O4S.ClH/c1-3-12(4-2,8-14)15-21(19,20)10-7-5-6-9(13)11(10)16(17)18;/h5-7,15H,3-4,8,14H2,1-2H3;1H. The molecule has 0 spiro atoms. The molecule has 0 amide bonds. The van der Waals surface area contributed by atoms with Gasteiger partial charge in [-0.05, 0) is 25.0 Å². The summed E-state index contributed by atoms with van der Waals surface area (Å²) in [6.07, 6.45) is 0.810. The van der Waals surface area contributed by atoms with Crippen LogP contribution in [0, 0.1) is 15.9 Å². The lowest BCUT2D eigenvalue weighted by atomic mass is 9.95. The van der Waals surface area contributed by atoms with Gasteiger partial charge in [0.25, 0.3) is 0 Å². The van der Waals surface area contributed by atoms with Gasteiger partial charge in [-0.15, -0.1) is 12.4 Å². The molecular formula is C12H19ClFN3O4S. The number of benzene rings is 1.